The Morgan fingerprint density at radius 2 is 1.79 bits per heavy atom. The highest BCUT2D eigenvalue weighted by Crippen LogP contribution is 2.34. The van der Waals surface area contributed by atoms with E-state index >= 15 is 0 Å². The van der Waals surface area contributed by atoms with Crippen molar-refractivity contribution in [3.63, 3.8) is 0 Å². The largest absolute Gasteiger partial charge is 0.497 e. The highest BCUT2D eigenvalue weighted by molar-refractivity contribution is 5.84. The molecule has 5 heteroatoms. The number of unbranched alkanes of at least 4 members (excludes halogenated alkanes) is 1. The lowest BCUT2D eigenvalue weighted by Gasteiger charge is -2.18. The van der Waals surface area contributed by atoms with Crippen LogP contribution in [0.4, 0.5) is 0 Å². The number of ether oxygens (including phenoxy) is 1. The summed E-state index contributed by atoms with van der Waals surface area (Å²) in [6.07, 6.45) is 2.36. The third-order valence-electron chi connectivity index (χ3n) is 5.58. The molecule has 1 heterocycles. The number of likely N-dealkylation sites (tertiary alicyclic amines) is 1. The minimum Gasteiger partial charge on any atom is -0.497 e. The van der Waals surface area contributed by atoms with Crippen LogP contribution >= 0.6 is 0 Å². The van der Waals surface area contributed by atoms with Crippen LogP contribution < -0.4 is 10.1 Å². The molecule has 0 saturated carbocycles. The molecule has 2 atom stereocenters. The van der Waals surface area contributed by atoms with Crippen molar-refractivity contribution in [1.82, 2.24) is 10.2 Å². The van der Waals surface area contributed by atoms with E-state index in [1.165, 1.54) is 0 Å². The molecule has 1 aliphatic rings. The van der Waals surface area contributed by atoms with Crippen LogP contribution in [0, 0.1) is 5.92 Å². The van der Waals surface area contributed by atoms with E-state index in [0.29, 0.717) is 26.1 Å². The fourth-order valence-electron chi connectivity index (χ4n) is 3.86. The summed E-state index contributed by atoms with van der Waals surface area (Å²) in [6.45, 7) is 3.80. The number of carbonyl (C=O) groups is 2. The lowest BCUT2D eigenvalue weighted by atomic mass is 9.88. The molecule has 2 amide bonds. The first-order valence-corrected chi connectivity index (χ1v) is 10.4. The summed E-state index contributed by atoms with van der Waals surface area (Å²) >= 11 is 0. The molecule has 3 rings (SSSR count). The predicted octanol–water partition coefficient (Wildman–Crippen LogP) is 3.40. The lowest BCUT2D eigenvalue weighted by Crippen LogP contribution is -2.36. The second-order valence-corrected chi connectivity index (χ2v) is 7.59. The van der Waals surface area contributed by atoms with E-state index in [1.807, 2.05) is 59.5 Å². The Morgan fingerprint density at radius 1 is 1.07 bits per heavy atom. The standard InChI is InChI=1S/C24H30N2O3/c1-3-4-14-25-24(28)22-17-26(23(27)15-18-8-6-5-7-9-18)16-21(22)19-10-12-20(29-2)13-11-19/h5-13,21-22H,3-4,14-17H2,1-2H3,(H,25,28)/t21-,22+/m1/s1. The third-order valence-corrected chi connectivity index (χ3v) is 5.58. The first-order chi connectivity index (χ1) is 14.1. The fourth-order valence-corrected chi connectivity index (χ4v) is 3.86. The molecular weight excluding hydrogens is 364 g/mol. The van der Waals surface area contributed by atoms with Crippen molar-refractivity contribution >= 4 is 11.8 Å². The fraction of sp³-hybridized carbons (Fsp3) is 0.417. The number of hydrogen-bond acceptors (Lipinski definition) is 3. The van der Waals surface area contributed by atoms with E-state index in [0.717, 1.165) is 29.7 Å². The average Bonchev–Trinajstić information content (AvgIpc) is 3.20. The van der Waals surface area contributed by atoms with Crippen molar-refractivity contribution in [2.75, 3.05) is 26.7 Å². The van der Waals surface area contributed by atoms with Gasteiger partial charge in [-0.15, -0.1) is 0 Å². The summed E-state index contributed by atoms with van der Waals surface area (Å²) in [7, 11) is 1.64. The lowest BCUT2D eigenvalue weighted by molar-refractivity contribution is -0.130. The summed E-state index contributed by atoms with van der Waals surface area (Å²) in [5.41, 5.74) is 2.06. The zero-order valence-electron chi connectivity index (χ0n) is 17.3. The number of carbonyl (C=O) groups excluding carboxylic acids is 2. The van der Waals surface area contributed by atoms with Crippen molar-refractivity contribution in [3.8, 4) is 5.75 Å². The molecule has 0 spiro atoms. The van der Waals surface area contributed by atoms with Crippen molar-refractivity contribution < 1.29 is 14.3 Å². The van der Waals surface area contributed by atoms with Gasteiger partial charge in [-0.05, 0) is 29.7 Å². The number of methoxy groups -OCH3 is 1. The van der Waals surface area contributed by atoms with Gasteiger partial charge in [-0.25, -0.2) is 0 Å². The molecule has 0 unspecified atom stereocenters. The number of hydrogen-bond donors (Lipinski definition) is 1. The first kappa shape index (κ1) is 20.9. The van der Waals surface area contributed by atoms with Crippen molar-refractivity contribution in [2.24, 2.45) is 5.92 Å². The van der Waals surface area contributed by atoms with E-state index in [9.17, 15) is 9.59 Å². The molecule has 2 aromatic rings. The molecule has 29 heavy (non-hydrogen) atoms. The Balaban J connectivity index is 1.75. The number of nitrogens with one attached hydrogen (secondary N) is 1. The second kappa shape index (κ2) is 10.1. The molecule has 1 aliphatic heterocycles. The molecular formula is C24H30N2O3. The maximum Gasteiger partial charge on any atom is 0.227 e. The molecule has 1 N–H and O–H groups in total. The normalized spacial score (nSPS) is 18.5. The molecule has 1 fully saturated rings. The topological polar surface area (TPSA) is 58.6 Å². The summed E-state index contributed by atoms with van der Waals surface area (Å²) < 4.78 is 5.25. The Bertz CT molecular complexity index is 805. The SMILES string of the molecule is CCCCNC(=O)[C@H]1CN(C(=O)Cc2ccccc2)C[C@@H]1c1ccc(OC)cc1. The second-order valence-electron chi connectivity index (χ2n) is 7.59. The van der Waals surface area contributed by atoms with Gasteiger partial charge in [0, 0.05) is 25.6 Å². The molecule has 0 bridgehead atoms. The maximum absolute atomic E-state index is 12.9. The maximum atomic E-state index is 12.9. The van der Waals surface area contributed by atoms with Gasteiger partial charge in [0.05, 0.1) is 19.4 Å². The number of benzene rings is 2. The Hall–Kier alpha value is -2.82. The van der Waals surface area contributed by atoms with Crippen LogP contribution in [0.5, 0.6) is 5.75 Å². The summed E-state index contributed by atoms with van der Waals surface area (Å²) in [5.74, 6) is 0.641. The molecule has 154 valence electrons. The summed E-state index contributed by atoms with van der Waals surface area (Å²) in [5, 5.41) is 3.06. The zero-order chi connectivity index (χ0) is 20.6. The van der Waals surface area contributed by atoms with Crippen LogP contribution in [0.2, 0.25) is 0 Å². The van der Waals surface area contributed by atoms with Gasteiger partial charge in [0.25, 0.3) is 0 Å². The molecule has 0 aliphatic carbocycles. The van der Waals surface area contributed by atoms with Crippen molar-refractivity contribution in [2.45, 2.75) is 32.1 Å². The monoisotopic (exact) mass is 394 g/mol. The van der Waals surface area contributed by atoms with E-state index in [1.54, 1.807) is 7.11 Å². The molecule has 0 aromatic heterocycles. The smallest absolute Gasteiger partial charge is 0.227 e. The number of amides is 2. The van der Waals surface area contributed by atoms with Gasteiger partial charge in [0.15, 0.2) is 0 Å². The van der Waals surface area contributed by atoms with E-state index < -0.39 is 0 Å². The molecule has 1 saturated heterocycles. The quantitative estimate of drug-likeness (QED) is 0.698. The Kier molecular flexibility index (Phi) is 7.28. The minimum absolute atomic E-state index is 0.0118. The van der Waals surface area contributed by atoms with Crippen LogP contribution in [-0.4, -0.2) is 43.5 Å². The van der Waals surface area contributed by atoms with E-state index in [2.05, 4.69) is 12.2 Å². The number of rotatable bonds is 8. The predicted molar refractivity (Wildman–Crippen MR) is 114 cm³/mol. The van der Waals surface area contributed by atoms with Gasteiger partial charge in [-0.3, -0.25) is 9.59 Å². The van der Waals surface area contributed by atoms with E-state index in [4.69, 9.17) is 4.74 Å². The van der Waals surface area contributed by atoms with Crippen LogP contribution in [0.15, 0.2) is 54.6 Å². The molecule has 2 aromatic carbocycles. The highest BCUT2D eigenvalue weighted by Gasteiger charge is 2.40. The van der Waals surface area contributed by atoms with Crippen LogP contribution in [0.1, 0.15) is 36.8 Å². The van der Waals surface area contributed by atoms with Gasteiger partial charge in [0.2, 0.25) is 11.8 Å². The first-order valence-electron chi connectivity index (χ1n) is 10.4. The van der Waals surface area contributed by atoms with Crippen LogP contribution in [0.25, 0.3) is 0 Å². The van der Waals surface area contributed by atoms with E-state index in [-0.39, 0.29) is 23.7 Å². The summed E-state index contributed by atoms with van der Waals surface area (Å²) in [6, 6.07) is 17.6. The zero-order valence-corrected chi connectivity index (χ0v) is 17.3. The van der Waals surface area contributed by atoms with Gasteiger partial charge in [-0.2, -0.15) is 0 Å². The molecule has 5 nitrogen and oxygen atoms in total. The third kappa shape index (κ3) is 5.37. The Morgan fingerprint density at radius 3 is 2.45 bits per heavy atom. The minimum atomic E-state index is -0.236. The van der Waals surface area contributed by atoms with Gasteiger partial charge >= 0.3 is 0 Å². The van der Waals surface area contributed by atoms with Crippen LogP contribution in [-0.2, 0) is 16.0 Å². The van der Waals surface area contributed by atoms with Crippen molar-refractivity contribution in [3.05, 3.63) is 65.7 Å². The van der Waals surface area contributed by atoms with Crippen LogP contribution in [0.3, 0.4) is 0 Å². The molecule has 0 radical (unpaired) electrons. The Labute approximate surface area is 173 Å². The van der Waals surface area contributed by atoms with Gasteiger partial charge in [-0.1, -0.05) is 55.8 Å². The number of nitrogens with zero attached hydrogens (tertiary/aromatic N) is 1. The highest BCUT2D eigenvalue weighted by atomic mass is 16.5. The van der Waals surface area contributed by atoms with Gasteiger partial charge in [0.1, 0.15) is 5.75 Å². The average molecular weight is 395 g/mol. The summed E-state index contributed by atoms with van der Waals surface area (Å²) in [4.78, 5) is 27.6. The van der Waals surface area contributed by atoms with Crippen molar-refractivity contribution in [1.29, 1.82) is 0 Å². The van der Waals surface area contributed by atoms with Gasteiger partial charge < -0.3 is 15.0 Å².